The fourth-order valence-electron chi connectivity index (χ4n) is 3.64. The van der Waals surface area contributed by atoms with Gasteiger partial charge in [0.1, 0.15) is 12.1 Å². The molecule has 0 unspecified atom stereocenters. The van der Waals surface area contributed by atoms with Gasteiger partial charge in [-0.3, -0.25) is 9.59 Å². The van der Waals surface area contributed by atoms with Crippen LogP contribution in [0, 0.1) is 0 Å². The first kappa shape index (κ1) is 20.0. The first-order chi connectivity index (χ1) is 13.6. The minimum absolute atomic E-state index is 0.150. The third kappa shape index (κ3) is 4.97. The summed E-state index contributed by atoms with van der Waals surface area (Å²) in [4.78, 5) is 25.2. The van der Waals surface area contributed by atoms with Gasteiger partial charge in [-0.05, 0) is 24.0 Å². The summed E-state index contributed by atoms with van der Waals surface area (Å²) in [7, 11) is 0. The van der Waals surface area contributed by atoms with E-state index in [9.17, 15) is 9.59 Å². The highest BCUT2D eigenvalue weighted by molar-refractivity contribution is 5.84. The Balaban J connectivity index is 1.62. The number of hydrogen-bond acceptors (Lipinski definition) is 4. The smallest absolute Gasteiger partial charge is 0.241 e. The molecule has 2 aromatic rings. The zero-order valence-corrected chi connectivity index (χ0v) is 15.9. The highest BCUT2D eigenvalue weighted by atomic mass is 16.2. The number of benzene rings is 2. The molecule has 0 saturated heterocycles. The van der Waals surface area contributed by atoms with Crippen molar-refractivity contribution in [2.24, 2.45) is 11.5 Å². The van der Waals surface area contributed by atoms with E-state index in [1.807, 2.05) is 60.7 Å². The van der Waals surface area contributed by atoms with Gasteiger partial charge in [0.25, 0.3) is 0 Å². The van der Waals surface area contributed by atoms with E-state index in [1.165, 1.54) is 0 Å². The van der Waals surface area contributed by atoms with Gasteiger partial charge >= 0.3 is 0 Å². The van der Waals surface area contributed by atoms with Crippen molar-refractivity contribution >= 4 is 11.8 Å². The molecule has 0 aromatic heterocycles. The summed E-state index contributed by atoms with van der Waals surface area (Å²) in [5.41, 5.74) is 13.7. The predicted molar refractivity (Wildman–Crippen MR) is 109 cm³/mol. The maximum absolute atomic E-state index is 12.6. The third-order valence-electron chi connectivity index (χ3n) is 5.30. The average Bonchev–Trinajstić information content (AvgIpc) is 2.75. The molecular weight excluding hydrogens is 352 g/mol. The number of carbonyl (C=O) groups excluding carboxylic acids is 2. The Labute approximate surface area is 165 Å². The van der Waals surface area contributed by atoms with E-state index in [1.54, 1.807) is 0 Å². The number of rotatable bonds is 6. The Hall–Kier alpha value is -2.70. The lowest BCUT2D eigenvalue weighted by molar-refractivity contribution is -0.126. The van der Waals surface area contributed by atoms with Crippen LogP contribution in [-0.4, -0.2) is 23.9 Å². The fourth-order valence-corrected chi connectivity index (χ4v) is 3.64. The highest BCUT2D eigenvalue weighted by Crippen LogP contribution is 2.21. The minimum Gasteiger partial charge on any atom is -0.350 e. The summed E-state index contributed by atoms with van der Waals surface area (Å²) >= 11 is 0. The van der Waals surface area contributed by atoms with E-state index in [-0.39, 0.29) is 23.9 Å². The Morgan fingerprint density at radius 3 is 1.43 bits per heavy atom. The number of nitrogens with two attached hydrogens (primary N) is 2. The molecule has 0 bridgehead atoms. The van der Waals surface area contributed by atoms with Crippen molar-refractivity contribution in [2.45, 2.75) is 49.9 Å². The molecule has 6 N–H and O–H groups in total. The molecule has 148 valence electrons. The molecule has 0 spiro atoms. The normalized spacial score (nSPS) is 21.4. The van der Waals surface area contributed by atoms with Crippen LogP contribution in [0.3, 0.4) is 0 Å². The fraction of sp³-hybridized carbons (Fsp3) is 0.364. The molecule has 2 aromatic carbocycles. The van der Waals surface area contributed by atoms with Gasteiger partial charge in [0.2, 0.25) is 11.8 Å². The first-order valence-electron chi connectivity index (χ1n) is 9.78. The Kier molecular flexibility index (Phi) is 6.79. The lowest BCUT2D eigenvalue weighted by atomic mass is 9.89. The lowest BCUT2D eigenvalue weighted by Gasteiger charge is -2.34. The second-order valence-corrected chi connectivity index (χ2v) is 7.29. The molecule has 1 aliphatic rings. The van der Waals surface area contributed by atoms with E-state index in [0.29, 0.717) is 0 Å². The topological polar surface area (TPSA) is 110 Å². The van der Waals surface area contributed by atoms with E-state index < -0.39 is 12.1 Å². The summed E-state index contributed by atoms with van der Waals surface area (Å²) in [5, 5.41) is 6.06. The van der Waals surface area contributed by atoms with Crippen molar-refractivity contribution in [3.63, 3.8) is 0 Å². The predicted octanol–water partition coefficient (Wildman–Crippen LogP) is 1.93. The standard InChI is InChI=1S/C22H28N4O2/c23-19(15-9-3-1-4-10-15)21(27)25-17-13-7-8-14-18(17)26-22(28)20(24)16-11-5-2-6-12-16/h1-6,9-12,17-20H,7-8,13-14,23-24H2,(H,25,27)(H,26,28)/t17-,18-,19+,20+/m1/s1. The maximum Gasteiger partial charge on any atom is 0.241 e. The van der Waals surface area contributed by atoms with Gasteiger partial charge < -0.3 is 22.1 Å². The van der Waals surface area contributed by atoms with Gasteiger partial charge in [0.05, 0.1) is 0 Å². The van der Waals surface area contributed by atoms with Crippen LogP contribution in [0.4, 0.5) is 0 Å². The minimum atomic E-state index is -0.731. The van der Waals surface area contributed by atoms with Crippen LogP contribution in [0.5, 0.6) is 0 Å². The molecule has 1 aliphatic carbocycles. The van der Waals surface area contributed by atoms with Crippen LogP contribution in [-0.2, 0) is 9.59 Å². The van der Waals surface area contributed by atoms with Crippen molar-refractivity contribution < 1.29 is 9.59 Å². The molecule has 6 nitrogen and oxygen atoms in total. The van der Waals surface area contributed by atoms with Crippen LogP contribution >= 0.6 is 0 Å². The average molecular weight is 380 g/mol. The molecule has 3 rings (SSSR count). The summed E-state index contributed by atoms with van der Waals surface area (Å²) in [6.07, 6.45) is 3.61. The second-order valence-electron chi connectivity index (χ2n) is 7.29. The quantitative estimate of drug-likeness (QED) is 0.614. The van der Waals surface area contributed by atoms with Gasteiger partial charge in [-0.15, -0.1) is 0 Å². The molecule has 1 saturated carbocycles. The second kappa shape index (κ2) is 9.48. The molecule has 28 heavy (non-hydrogen) atoms. The number of amides is 2. The van der Waals surface area contributed by atoms with Crippen LogP contribution in [0.25, 0.3) is 0 Å². The summed E-state index contributed by atoms with van der Waals surface area (Å²) in [5.74, 6) is -0.464. The summed E-state index contributed by atoms with van der Waals surface area (Å²) in [6, 6.07) is 16.8. The van der Waals surface area contributed by atoms with Crippen molar-refractivity contribution in [2.75, 3.05) is 0 Å². The van der Waals surface area contributed by atoms with Crippen LogP contribution < -0.4 is 22.1 Å². The third-order valence-corrected chi connectivity index (χ3v) is 5.30. The van der Waals surface area contributed by atoms with Gasteiger partial charge in [-0.25, -0.2) is 0 Å². The molecule has 4 atom stereocenters. The van der Waals surface area contributed by atoms with E-state index in [4.69, 9.17) is 11.5 Å². The molecular formula is C22H28N4O2. The Bertz CT molecular complexity index is 714. The SMILES string of the molecule is N[C@H](C(=O)N[C@@H]1CCCC[C@H]1NC(=O)[C@@H](N)c1ccccc1)c1ccccc1. The first-order valence-corrected chi connectivity index (χ1v) is 9.78. The largest absolute Gasteiger partial charge is 0.350 e. The van der Waals surface area contributed by atoms with Crippen LogP contribution in [0.2, 0.25) is 0 Å². The highest BCUT2D eigenvalue weighted by Gasteiger charge is 2.30. The molecule has 0 aliphatic heterocycles. The zero-order chi connectivity index (χ0) is 19.9. The number of carbonyl (C=O) groups is 2. The summed E-state index contributed by atoms with van der Waals surface area (Å²) < 4.78 is 0. The van der Waals surface area contributed by atoms with E-state index in [0.717, 1.165) is 36.8 Å². The number of hydrogen-bond donors (Lipinski definition) is 4. The summed E-state index contributed by atoms with van der Waals surface area (Å²) in [6.45, 7) is 0. The van der Waals surface area contributed by atoms with Gasteiger partial charge in [-0.2, -0.15) is 0 Å². The van der Waals surface area contributed by atoms with Crippen LogP contribution in [0.1, 0.15) is 48.9 Å². The van der Waals surface area contributed by atoms with Crippen molar-refractivity contribution in [3.05, 3.63) is 71.8 Å². The van der Waals surface area contributed by atoms with Gasteiger partial charge in [-0.1, -0.05) is 73.5 Å². The van der Waals surface area contributed by atoms with Crippen LogP contribution in [0.15, 0.2) is 60.7 Å². The van der Waals surface area contributed by atoms with Crippen molar-refractivity contribution in [1.29, 1.82) is 0 Å². The Morgan fingerprint density at radius 1 is 0.714 bits per heavy atom. The molecule has 2 amide bonds. The van der Waals surface area contributed by atoms with E-state index >= 15 is 0 Å². The molecule has 0 heterocycles. The monoisotopic (exact) mass is 380 g/mol. The van der Waals surface area contributed by atoms with E-state index in [2.05, 4.69) is 10.6 Å². The van der Waals surface area contributed by atoms with Crippen molar-refractivity contribution in [1.82, 2.24) is 10.6 Å². The van der Waals surface area contributed by atoms with Gasteiger partial charge in [0, 0.05) is 12.1 Å². The van der Waals surface area contributed by atoms with Crippen molar-refractivity contribution in [3.8, 4) is 0 Å². The molecule has 1 fully saturated rings. The van der Waals surface area contributed by atoms with Gasteiger partial charge in [0.15, 0.2) is 0 Å². The Morgan fingerprint density at radius 2 is 1.07 bits per heavy atom. The zero-order valence-electron chi connectivity index (χ0n) is 15.9. The lowest BCUT2D eigenvalue weighted by Crippen LogP contribution is -2.55. The number of nitrogens with one attached hydrogen (secondary N) is 2. The molecule has 6 heteroatoms. The molecule has 0 radical (unpaired) electrons. The maximum atomic E-state index is 12.6.